The summed E-state index contributed by atoms with van der Waals surface area (Å²) < 4.78 is 22.7. The second-order valence-corrected chi connectivity index (χ2v) is 7.27. The largest absolute Gasteiger partial charge is 0.351 e. The predicted molar refractivity (Wildman–Crippen MR) is 65.5 cm³/mol. The van der Waals surface area contributed by atoms with Gasteiger partial charge in [0.25, 0.3) is 0 Å². The number of rotatable bonds is 3. The fraction of sp³-hybridized carbons (Fsp3) is 0.909. The first kappa shape index (κ1) is 12.8. The zero-order valence-corrected chi connectivity index (χ0v) is 11.0. The van der Waals surface area contributed by atoms with Crippen LogP contribution in [0.15, 0.2) is 0 Å². The maximum atomic E-state index is 12.2. The van der Waals surface area contributed by atoms with Gasteiger partial charge in [-0.05, 0) is 32.2 Å². The molecule has 0 bridgehead atoms. The lowest BCUT2D eigenvalue weighted by atomic mass is 9.93. The van der Waals surface area contributed by atoms with Crippen molar-refractivity contribution in [3.05, 3.63) is 0 Å². The minimum absolute atomic E-state index is 0.0281. The summed E-state index contributed by atoms with van der Waals surface area (Å²) in [4.78, 5) is 12.2. The zero-order valence-electron chi connectivity index (χ0n) is 10.2. The van der Waals surface area contributed by atoms with Gasteiger partial charge in [0, 0.05) is 6.04 Å². The molecule has 2 N–H and O–H groups in total. The Morgan fingerprint density at radius 2 is 2.29 bits per heavy atom. The van der Waals surface area contributed by atoms with Crippen molar-refractivity contribution in [3.63, 3.8) is 0 Å². The van der Waals surface area contributed by atoms with Crippen LogP contribution >= 0.6 is 0 Å². The van der Waals surface area contributed by atoms with Gasteiger partial charge in [-0.1, -0.05) is 6.92 Å². The van der Waals surface area contributed by atoms with E-state index in [0.29, 0.717) is 6.42 Å². The van der Waals surface area contributed by atoms with Gasteiger partial charge in [-0.3, -0.25) is 4.79 Å². The summed E-state index contributed by atoms with van der Waals surface area (Å²) >= 11 is 0. The number of amides is 1. The molecule has 0 aromatic carbocycles. The van der Waals surface area contributed by atoms with Crippen molar-refractivity contribution >= 4 is 15.7 Å². The minimum Gasteiger partial charge on any atom is -0.351 e. The number of carbonyl (C=O) groups excluding carboxylic acids is 1. The lowest BCUT2D eigenvalue weighted by Gasteiger charge is -2.28. The van der Waals surface area contributed by atoms with E-state index < -0.39 is 15.4 Å². The Labute approximate surface area is 102 Å². The molecular formula is C11H20N2O3S. The normalized spacial score (nSPS) is 35.9. The standard InChI is InChI=1S/C11H20N2O3S/c1-2-11(5-3-6-12-11)10(14)13-9-4-7-17(15,16)8-9/h9,12H,2-8H2,1H3,(H,13,14). The van der Waals surface area contributed by atoms with E-state index in [1.165, 1.54) is 0 Å². The highest BCUT2D eigenvalue weighted by Crippen LogP contribution is 2.24. The molecule has 0 radical (unpaired) electrons. The van der Waals surface area contributed by atoms with E-state index in [1.807, 2.05) is 6.92 Å². The summed E-state index contributed by atoms with van der Waals surface area (Å²) in [6.45, 7) is 2.85. The number of sulfone groups is 1. The van der Waals surface area contributed by atoms with Crippen molar-refractivity contribution in [2.24, 2.45) is 0 Å². The third kappa shape index (κ3) is 2.63. The van der Waals surface area contributed by atoms with Gasteiger partial charge < -0.3 is 10.6 Å². The van der Waals surface area contributed by atoms with Gasteiger partial charge in [-0.2, -0.15) is 0 Å². The van der Waals surface area contributed by atoms with Crippen LogP contribution in [0.25, 0.3) is 0 Å². The molecule has 0 spiro atoms. The Morgan fingerprint density at radius 3 is 2.76 bits per heavy atom. The topological polar surface area (TPSA) is 75.3 Å². The summed E-state index contributed by atoms with van der Waals surface area (Å²) in [5.41, 5.74) is -0.466. The van der Waals surface area contributed by atoms with E-state index in [2.05, 4.69) is 10.6 Å². The van der Waals surface area contributed by atoms with Crippen LogP contribution in [-0.4, -0.2) is 44.0 Å². The molecule has 5 nitrogen and oxygen atoms in total. The van der Waals surface area contributed by atoms with Crippen LogP contribution < -0.4 is 10.6 Å². The summed E-state index contributed by atoms with van der Waals surface area (Å²) in [5.74, 6) is 0.267. The molecule has 2 rings (SSSR count). The van der Waals surface area contributed by atoms with Crippen molar-refractivity contribution < 1.29 is 13.2 Å². The second-order valence-electron chi connectivity index (χ2n) is 5.04. The van der Waals surface area contributed by atoms with E-state index >= 15 is 0 Å². The molecule has 1 amide bonds. The first-order chi connectivity index (χ1) is 7.97. The van der Waals surface area contributed by atoms with Crippen LogP contribution in [0.2, 0.25) is 0 Å². The van der Waals surface area contributed by atoms with Crippen molar-refractivity contribution in [2.75, 3.05) is 18.1 Å². The fourth-order valence-corrected chi connectivity index (χ4v) is 4.37. The van der Waals surface area contributed by atoms with E-state index in [9.17, 15) is 13.2 Å². The average Bonchev–Trinajstić information content (AvgIpc) is 2.86. The monoisotopic (exact) mass is 260 g/mol. The summed E-state index contributed by atoms with van der Waals surface area (Å²) in [5, 5.41) is 6.14. The van der Waals surface area contributed by atoms with Crippen LogP contribution in [0.3, 0.4) is 0 Å². The molecule has 2 aliphatic rings. The van der Waals surface area contributed by atoms with Crippen LogP contribution in [0.4, 0.5) is 0 Å². The highest BCUT2D eigenvalue weighted by Gasteiger charge is 2.41. The molecule has 2 fully saturated rings. The molecule has 2 aliphatic heterocycles. The summed E-state index contributed by atoms with van der Waals surface area (Å²) in [7, 11) is -2.93. The van der Waals surface area contributed by atoms with E-state index in [4.69, 9.17) is 0 Å². The van der Waals surface area contributed by atoms with Crippen LogP contribution in [-0.2, 0) is 14.6 Å². The Hall–Kier alpha value is -0.620. The molecule has 0 aromatic heterocycles. The highest BCUT2D eigenvalue weighted by molar-refractivity contribution is 7.91. The number of hydrogen-bond donors (Lipinski definition) is 2. The van der Waals surface area contributed by atoms with Crippen molar-refractivity contribution in [2.45, 2.75) is 44.2 Å². The van der Waals surface area contributed by atoms with E-state index in [1.54, 1.807) is 0 Å². The van der Waals surface area contributed by atoms with Gasteiger partial charge >= 0.3 is 0 Å². The maximum absolute atomic E-state index is 12.2. The highest BCUT2D eigenvalue weighted by atomic mass is 32.2. The molecule has 2 saturated heterocycles. The first-order valence-electron chi connectivity index (χ1n) is 6.24. The zero-order chi connectivity index (χ0) is 12.5. The molecule has 0 saturated carbocycles. The van der Waals surface area contributed by atoms with Gasteiger partial charge in [0.15, 0.2) is 9.84 Å². The Morgan fingerprint density at radius 1 is 1.53 bits per heavy atom. The van der Waals surface area contributed by atoms with Gasteiger partial charge in [0.2, 0.25) is 5.91 Å². The Balaban J connectivity index is 1.97. The smallest absolute Gasteiger partial charge is 0.240 e. The Bertz CT molecular complexity index is 399. The number of nitrogens with one attached hydrogen (secondary N) is 2. The molecule has 2 atom stereocenters. The SMILES string of the molecule is CCC1(C(=O)NC2CCS(=O)(=O)C2)CCCN1. The molecule has 17 heavy (non-hydrogen) atoms. The third-order valence-electron chi connectivity index (χ3n) is 3.85. The number of hydrogen-bond acceptors (Lipinski definition) is 4. The molecule has 6 heteroatoms. The fourth-order valence-electron chi connectivity index (χ4n) is 2.69. The summed E-state index contributed by atoms with van der Waals surface area (Å²) in [6.07, 6.45) is 3.14. The van der Waals surface area contributed by atoms with Crippen LogP contribution in [0, 0.1) is 0 Å². The van der Waals surface area contributed by atoms with Gasteiger partial charge in [-0.15, -0.1) is 0 Å². The molecular weight excluding hydrogens is 240 g/mol. The first-order valence-corrected chi connectivity index (χ1v) is 8.06. The van der Waals surface area contributed by atoms with Crippen molar-refractivity contribution in [1.82, 2.24) is 10.6 Å². The van der Waals surface area contributed by atoms with Crippen LogP contribution in [0.5, 0.6) is 0 Å². The second kappa shape index (κ2) is 4.57. The van der Waals surface area contributed by atoms with Gasteiger partial charge in [0.05, 0.1) is 17.0 Å². The number of carbonyl (C=O) groups is 1. The lowest BCUT2D eigenvalue weighted by Crippen LogP contribution is -2.55. The minimum atomic E-state index is -2.93. The molecule has 0 aromatic rings. The third-order valence-corrected chi connectivity index (χ3v) is 5.62. The Kier molecular flexibility index (Phi) is 3.45. The van der Waals surface area contributed by atoms with Gasteiger partial charge in [0.1, 0.15) is 0 Å². The molecule has 0 aliphatic carbocycles. The molecule has 2 unspecified atom stereocenters. The predicted octanol–water partition coefficient (Wildman–Crippen LogP) is -0.178. The maximum Gasteiger partial charge on any atom is 0.240 e. The van der Waals surface area contributed by atoms with E-state index in [0.717, 1.165) is 25.8 Å². The summed E-state index contributed by atoms with van der Waals surface area (Å²) in [6, 6.07) is -0.196. The van der Waals surface area contributed by atoms with E-state index in [-0.39, 0.29) is 23.5 Å². The van der Waals surface area contributed by atoms with Crippen molar-refractivity contribution in [1.29, 1.82) is 0 Å². The molecule has 98 valence electrons. The lowest BCUT2D eigenvalue weighted by molar-refractivity contribution is -0.127. The van der Waals surface area contributed by atoms with Crippen molar-refractivity contribution in [3.8, 4) is 0 Å². The van der Waals surface area contributed by atoms with Gasteiger partial charge in [-0.25, -0.2) is 8.42 Å². The molecule has 2 heterocycles. The quantitative estimate of drug-likeness (QED) is 0.738. The van der Waals surface area contributed by atoms with Crippen LogP contribution in [0.1, 0.15) is 32.6 Å². The average molecular weight is 260 g/mol.